The highest BCUT2D eigenvalue weighted by Gasteiger charge is 2.09. The van der Waals surface area contributed by atoms with Gasteiger partial charge < -0.3 is 0 Å². The monoisotopic (exact) mass is 373 g/mol. The standard InChI is InChI=1S/C22H16FN3S/c23-19-13-11-17(12-14-19)15-24-25-22-26(20-9-5-2-6-10-20)21(16-27-22)18-7-3-1-4-8-18/h1-16H/b24-15+,25-22-. The second-order valence-electron chi connectivity index (χ2n) is 5.84. The Balaban J connectivity index is 1.79. The predicted molar refractivity (Wildman–Crippen MR) is 109 cm³/mol. The van der Waals surface area contributed by atoms with Gasteiger partial charge in [0.2, 0.25) is 4.80 Å². The molecule has 0 amide bonds. The summed E-state index contributed by atoms with van der Waals surface area (Å²) >= 11 is 1.53. The fourth-order valence-electron chi connectivity index (χ4n) is 2.71. The molecule has 0 aliphatic rings. The van der Waals surface area contributed by atoms with E-state index in [2.05, 4.69) is 32.3 Å². The molecule has 0 unspecified atom stereocenters. The van der Waals surface area contributed by atoms with Gasteiger partial charge in [0.05, 0.1) is 11.9 Å². The van der Waals surface area contributed by atoms with Gasteiger partial charge in [-0.3, -0.25) is 4.57 Å². The van der Waals surface area contributed by atoms with Crippen molar-refractivity contribution in [2.24, 2.45) is 10.2 Å². The van der Waals surface area contributed by atoms with E-state index in [1.165, 1.54) is 23.5 Å². The number of halogens is 1. The Labute approximate surface area is 160 Å². The van der Waals surface area contributed by atoms with Gasteiger partial charge in [-0.2, -0.15) is 5.10 Å². The Morgan fingerprint density at radius 3 is 2.19 bits per heavy atom. The molecule has 5 heteroatoms. The molecule has 3 nitrogen and oxygen atoms in total. The lowest BCUT2D eigenvalue weighted by molar-refractivity contribution is 0.628. The summed E-state index contributed by atoms with van der Waals surface area (Å²) in [4.78, 5) is 0.762. The molecule has 4 rings (SSSR count). The van der Waals surface area contributed by atoms with E-state index in [9.17, 15) is 4.39 Å². The van der Waals surface area contributed by atoms with Crippen LogP contribution in [-0.2, 0) is 0 Å². The number of thiazole rings is 1. The second-order valence-corrected chi connectivity index (χ2v) is 6.67. The molecule has 0 saturated heterocycles. The fraction of sp³-hybridized carbons (Fsp3) is 0. The van der Waals surface area contributed by atoms with Crippen molar-refractivity contribution in [1.29, 1.82) is 0 Å². The summed E-state index contributed by atoms with van der Waals surface area (Å²) in [6.07, 6.45) is 1.62. The van der Waals surface area contributed by atoms with Crippen LogP contribution >= 0.6 is 11.3 Å². The number of hydrogen-bond acceptors (Lipinski definition) is 3. The maximum absolute atomic E-state index is 13.0. The normalized spacial score (nSPS) is 12.0. The summed E-state index contributed by atoms with van der Waals surface area (Å²) in [5.41, 5.74) is 3.99. The summed E-state index contributed by atoms with van der Waals surface area (Å²) < 4.78 is 15.1. The zero-order valence-corrected chi connectivity index (χ0v) is 15.2. The number of aromatic nitrogens is 1. The molecule has 1 heterocycles. The van der Waals surface area contributed by atoms with Gasteiger partial charge in [0.15, 0.2) is 0 Å². The minimum absolute atomic E-state index is 0.267. The highest BCUT2D eigenvalue weighted by Crippen LogP contribution is 2.23. The molecule has 3 aromatic carbocycles. The van der Waals surface area contributed by atoms with E-state index < -0.39 is 0 Å². The molecule has 132 valence electrons. The molecule has 0 bridgehead atoms. The molecule has 0 atom stereocenters. The van der Waals surface area contributed by atoms with Crippen molar-refractivity contribution in [3.8, 4) is 16.9 Å². The predicted octanol–water partition coefficient (Wildman–Crippen LogP) is 5.28. The molecule has 0 fully saturated rings. The maximum Gasteiger partial charge on any atom is 0.215 e. The zero-order chi connectivity index (χ0) is 18.5. The van der Waals surface area contributed by atoms with Crippen LogP contribution in [0.15, 0.2) is 101 Å². The Hall–Kier alpha value is -3.31. The van der Waals surface area contributed by atoms with Gasteiger partial charge in [-0.1, -0.05) is 60.7 Å². The molecule has 0 radical (unpaired) electrons. The van der Waals surface area contributed by atoms with E-state index >= 15 is 0 Å². The van der Waals surface area contributed by atoms with E-state index in [0.717, 1.165) is 27.3 Å². The van der Waals surface area contributed by atoms with Gasteiger partial charge >= 0.3 is 0 Å². The summed E-state index contributed by atoms with van der Waals surface area (Å²) in [6, 6.07) is 26.4. The fourth-order valence-corrected chi connectivity index (χ4v) is 3.57. The third-order valence-corrected chi connectivity index (χ3v) is 4.83. The SMILES string of the molecule is Fc1ccc(/C=N/N=c2\scc(-c3ccccc3)n2-c2ccccc2)cc1. The quantitative estimate of drug-likeness (QED) is 0.344. The van der Waals surface area contributed by atoms with E-state index in [1.807, 2.05) is 48.5 Å². The van der Waals surface area contributed by atoms with Crippen LogP contribution in [0, 0.1) is 5.82 Å². The first-order chi connectivity index (χ1) is 13.3. The van der Waals surface area contributed by atoms with E-state index in [0.29, 0.717) is 0 Å². The first kappa shape index (κ1) is 17.1. The van der Waals surface area contributed by atoms with Crippen LogP contribution < -0.4 is 4.80 Å². The average molecular weight is 373 g/mol. The number of benzene rings is 3. The largest absolute Gasteiger partial charge is 0.284 e. The van der Waals surface area contributed by atoms with Crippen molar-refractivity contribution < 1.29 is 4.39 Å². The van der Waals surface area contributed by atoms with Crippen molar-refractivity contribution in [3.05, 3.63) is 106 Å². The zero-order valence-electron chi connectivity index (χ0n) is 14.4. The van der Waals surface area contributed by atoms with E-state index in [-0.39, 0.29) is 5.82 Å². The molecule has 1 aromatic heterocycles. The number of nitrogens with zero attached hydrogens (tertiary/aromatic N) is 3. The number of para-hydroxylation sites is 1. The first-order valence-electron chi connectivity index (χ1n) is 8.45. The van der Waals surface area contributed by atoms with Crippen LogP contribution in [0.1, 0.15) is 5.56 Å². The number of rotatable bonds is 4. The first-order valence-corrected chi connectivity index (χ1v) is 9.33. The minimum Gasteiger partial charge on any atom is -0.284 e. The third kappa shape index (κ3) is 3.93. The van der Waals surface area contributed by atoms with Crippen LogP contribution in [0.4, 0.5) is 4.39 Å². The topological polar surface area (TPSA) is 29.6 Å². The van der Waals surface area contributed by atoms with E-state index in [1.54, 1.807) is 18.3 Å². The van der Waals surface area contributed by atoms with Gasteiger partial charge in [-0.25, -0.2) is 4.39 Å². The molecule has 27 heavy (non-hydrogen) atoms. The summed E-state index contributed by atoms with van der Waals surface area (Å²) in [5.74, 6) is -0.267. The molecule has 0 aliphatic heterocycles. The van der Waals surface area contributed by atoms with Gasteiger partial charge in [0, 0.05) is 11.1 Å². The maximum atomic E-state index is 13.0. The smallest absolute Gasteiger partial charge is 0.215 e. The Kier molecular flexibility index (Phi) is 5.03. The van der Waals surface area contributed by atoms with Crippen LogP contribution in [0.2, 0.25) is 0 Å². The molecule has 4 aromatic rings. The van der Waals surface area contributed by atoms with Crippen LogP contribution in [-0.4, -0.2) is 10.8 Å². The average Bonchev–Trinajstić information content (AvgIpc) is 3.15. The third-order valence-electron chi connectivity index (χ3n) is 4.01. The molecule has 0 saturated carbocycles. The van der Waals surface area contributed by atoms with Crippen molar-refractivity contribution in [3.63, 3.8) is 0 Å². The molecule has 0 N–H and O–H groups in total. The molecular weight excluding hydrogens is 357 g/mol. The highest BCUT2D eigenvalue weighted by atomic mass is 32.1. The van der Waals surface area contributed by atoms with Gasteiger partial charge in [-0.05, 0) is 35.4 Å². The van der Waals surface area contributed by atoms with Crippen molar-refractivity contribution >= 4 is 17.6 Å². The van der Waals surface area contributed by atoms with Gasteiger partial charge in [0.1, 0.15) is 5.82 Å². The molecule has 0 spiro atoms. The van der Waals surface area contributed by atoms with Crippen molar-refractivity contribution in [1.82, 2.24) is 4.57 Å². The van der Waals surface area contributed by atoms with Gasteiger partial charge in [-0.15, -0.1) is 16.4 Å². The lowest BCUT2D eigenvalue weighted by atomic mass is 10.1. The second kappa shape index (κ2) is 7.93. The Morgan fingerprint density at radius 1 is 0.815 bits per heavy atom. The molecular formula is C22H16FN3S. The van der Waals surface area contributed by atoms with Crippen molar-refractivity contribution in [2.75, 3.05) is 0 Å². The van der Waals surface area contributed by atoms with Crippen LogP contribution in [0.5, 0.6) is 0 Å². The summed E-state index contributed by atoms with van der Waals surface area (Å²) in [6.45, 7) is 0. The lowest BCUT2D eigenvalue weighted by Gasteiger charge is -2.08. The Bertz CT molecular complexity index is 1110. The Morgan fingerprint density at radius 2 is 1.48 bits per heavy atom. The van der Waals surface area contributed by atoms with E-state index in [4.69, 9.17) is 0 Å². The van der Waals surface area contributed by atoms with Crippen LogP contribution in [0.25, 0.3) is 16.9 Å². The summed E-state index contributed by atoms with van der Waals surface area (Å²) in [5, 5.41) is 10.7. The molecule has 0 aliphatic carbocycles. The minimum atomic E-state index is -0.267. The van der Waals surface area contributed by atoms with Crippen LogP contribution in [0.3, 0.4) is 0 Å². The number of hydrogen-bond donors (Lipinski definition) is 0. The van der Waals surface area contributed by atoms with Gasteiger partial charge in [0.25, 0.3) is 0 Å². The highest BCUT2D eigenvalue weighted by molar-refractivity contribution is 7.07. The summed E-state index contributed by atoms with van der Waals surface area (Å²) in [7, 11) is 0. The van der Waals surface area contributed by atoms with Crippen molar-refractivity contribution in [2.45, 2.75) is 0 Å². The lowest BCUT2D eigenvalue weighted by Crippen LogP contribution is -2.13.